The van der Waals surface area contributed by atoms with Gasteiger partial charge in [0.05, 0.1) is 0 Å². The monoisotopic (exact) mass is 705 g/mol. The number of halogens is 1. The van der Waals surface area contributed by atoms with Crippen LogP contribution in [-0.2, 0) is 43.4 Å². The molecule has 1 aliphatic heterocycles. The van der Waals surface area contributed by atoms with Crippen LogP contribution in [0, 0.1) is 5.41 Å². The minimum atomic E-state index is -1.43. The Morgan fingerprint density at radius 3 is 1.90 bits per heavy atom. The van der Waals surface area contributed by atoms with Gasteiger partial charge in [0.15, 0.2) is 0 Å². The molecule has 0 bridgehead atoms. The Morgan fingerprint density at radius 2 is 1.36 bits per heavy atom. The maximum Gasteiger partial charge on any atom is 0.326 e. The molecule has 0 spiro atoms. The summed E-state index contributed by atoms with van der Waals surface area (Å²) in [6.45, 7) is 6.93. The third-order valence-electron chi connectivity index (χ3n) is 8.01. The molecule has 0 aliphatic carbocycles. The molecular formula is C36H40ClN5O8. The van der Waals surface area contributed by atoms with Crippen LogP contribution >= 0.6 is 11.6 Å². The second-order valence-corrected chi connectivity index (χ2v) is 13.8. The van der Waals surface area contributed by atoms with Crippen molar-refractivity contribution in [3.8, 4) is 0 Å². The standard InChI is InChI=1S/C36H40ClN5O8/c1-20(43)42-19-23-15-26(39-35(50)38-25-11-9-24(37)10-12-25)13-14-27(23)31(42)32(45)41-29(34(48)49)17-22-8-6-5-7-21(22)16-28(33(46)47)40-30(44)18-36(2,3)4/h5-15,28-29,31H,16-19H2,1-4H3,(H,40,44)(H,41,45)(H,46,47)(H,48,49)(H2,38,39,50). The van der Waals surface area contributed by atoms with Gasteiger partial charge < -0.3 is 36.4 Å². The number of amides is 5. The Kier molecular flexibility index (Phi) is 11.9. The van der Waals surface area contributed by atoms with Crippen molar-refractivity contribution in [2.45, 2.75) is 71.6 Å². The molecular weight excluding hydrogens is 666 g/mol. The van der Waals surface area contributed by atoms with Crippen LogP contribution in [0.5, 0.6) is 0 Å². The molecule has 1 heterocycles. The van der Waals surface area contributed by atoms with Crippen molar-refractivity contribution in [3.05, 3.63) is 94.0 Å². The van der Waals surface area contributed by atoms with Crippen molar-refractivity contribution in [2.24, 2.45) is 5.41 Å². The third-order valence-corrected chi connectivity index (χ3v) is 8.26. The third kappa shape index (κ3) is 10.0. The van der Waals surface area contributed by atoms with Gasteiger partial charge in [-0.05, 0) is 64.1 Å². The fraction of sp³-hybridized carbons (Fsp3) is 0.333. The van der Waals surface area contributed by atoms with Crippen molar-refractivity contribution in [1.82, 2.24) is 15.5 Å². The molecule has 0 fully saturated rings. The summed E-state index contributed by atoms with van der Waals surface area (Å²) < 4.78 is 0. The molecule has 3 atom stereocenters. The van der Waals surface area contributed by atoms with Crippen molar-refractivity contribution >= 4 is 58.7 Å². The normalized spacial score (nSPS) is 14.9. The smallest absolute Gasteiger partial charge is 0.326 e. The second kappa shape index (κ2) is 15.9. The molecule has 5 amide bonds. The van der Waals surface area contributed by atoms with Crippen LogP contribution in [0.4, 0.5) is 16.2 Å². The summed E-state index contributed by atoms with van der Waals surface area (Å²) in [6.07, 6.45) is -0.181. The van der Waals surface area contributed by atoms with E-state index in [2.05, 4.69) is 21.3 Å². The fourth-order valence-electron chi connectivity index (χ4n) is 5.71. The second-order valence-electron chi connectivity index (χ2n) is 13.3. The SMILES string of the molecule is CC(=O)N1Cc2cc(NC(=O)Nc3ccc(Cl)cc3)ccc2C1C(=O)NC(Cc1ccccc1CC(NC(=O)CC(C)(C)C)C(=O)O)C(=O)O. The van der Waals surface area contributed by atoms with Gasteiger partial charge in [0.2, 0.25) is 17.7 Å². The van der Waals surface area contributed by atoms with Crippen LogP contribution in [0.1, 0.15) is 62.4 Å². The highest BCUT2D eigenvalue weighted by molar-refractivity contribution is 6.30. The maximum absolute atomic E-state index is 13.7. The van der Waals surface area contributed by atoms with Crippen molar-refractivity contribution in [3.63, 3.8) is 0 Å². The highest BCUT2D eigenvalue weighted by Gasteiger charge is 2.39. The average Bonchev–Trinajstić information content (AvgIpc) is 3.40. The van der Waals surface area contributed by atoms with Crippen LogP contribution in [-0.4, -0.2) is 62.9 Å². The van der Waals surface area contributed by atoms with Crippen molar-refractivity contribution in [2.75, 3.05) is 10.6 Å². The number of nitrogens with one attached hydrogen (secondary N) is 4. The number of carbonyl (C=O) groups is 6. The van der Waals surface area contributed by atoms with E-state index in [0.717, 1.165) is 0 Å². The predicted octanol–water partition coefficient (Wildman–Crippen LogP) is 4.75. The maximum atomic E-state index is 13.7. The summed E-state index contributed by atoms with van der Waals surface area (Å²) in [5, 5.41) is 31.0. The number of fused-ring (bicyclic) bond motifs is 1. The zero-order chi connectivity index (χ0) is 36.7. The quantitative estimate of drug-likeness (QED) is 0.155. The molecule has 13 nitrogen and oxygen atoms in total. The largest absolute Gasteiger partial charge is 0.480 e. The molecule has 1 aliphatic rings. The Balaban J connectivity index is 1.49. The van der Waals surface area contributed by atoms with Gasteiger partial charge in [0.1, 0.15) is 18.1 Å². The van der Waals surface area contributed by atoms with E-state index < -0.39 is 53.8 Å². The highest BCUT2D eigenvalue weighted by Crippen LogP contribution is 2.36. The number of carboxylic acid groups (broad SMARTS) is 2. The topological polar surface area (TPSA) is 194 Å². The molecule has 0 radical (unpaired) electrons. The Bertz CT molecular complexity index is 1790. The van der Waals surface area contributed by atoms with Gasteiger partial charge in [0.25, 0.3) is 0 Å². The van der Waals surface area contributed by atoms with E-state index in [1.54, 1.807) is 66.7 Å². The first-order valence-electron chi connectivity index (χ1n) is 15.9. The predicted molar refractivity (Wildman–Crippen MR) is 187 cm³/mol. The minimum Gasteiger partial charge on any atom is -0.480 e. The summed E-state index contributed by atoms with van der Waals surface area (Å²) in [6, 6.07) is 13.7. The lowest BCUT2D eigenvalue weighted by Crippen LogP contribution is -2.47. The fourth-order valence-corrected chi connectivity index (χ4v) is 5.83. The van der Waals surface area contributed by atoms with E-state index in [0.29, 0.717) is 38.7 Å². The molecule has 3 unspecified atom stereocenters. The number of hydrogen-bond donors (Lipinski definition) is 6. The van der Waals surface area contributed by atoms with Gasteiger partial charge in [-0.15, -0.1) is 0 Å². The van der Waals surface area contributed by atoms with E-state index in [4.69, 9.17) is 11.6 Å². The number of carboxylic acids is 2. The van der Waals surface area contributed by atoms with Crippen LogP contribution < -0.4 is 21.3 Å². The number of rotatable bonds is 12. The number of aliphatic carboxylic acids is 2. The number of carbonyl (C=O) groups excluding carboxylic acids is 4. The summed E-state index contributed by atoms with van der Waals surface area (Å²) in [5.41, 5.74) is 2.61. The summed E-state index contributed by atoms with van der Waals surface area (Å²) >= 11 is 5.90. The first kappa shape index (κ1) is 37.4. The van der Waals surface area contributed by atoms with E-state index in [-0.39, 0.29) is 31.2 Å². The highest BCUT2D eigenvalue weighted by atomic mass is 35.5. The van der Waals surface area contributed by atoms with E-state index in [1.165, 1.54) is 11.8 Å². The van der Waals surface area contributed by atoms with Crippen LogP contribution in [0.2, 0.25) is 5.02 Å². The Labute approximate surface area is 294 Å². The molecule has 4 rings (SSSR count). The van der Waals surface area contributed by atoms with Gasteiger partial charge in [-0.25, -0.2) is 14.4 Å². The van der Waals surface area contributed by atoms with Crippen molar-refractivity contribution in [1.29, 1.82) is 0 Å². The van der Waals surface area contributed by atoms with E-state index >= 15 is 0 Å². The number of urea groups is 1. The molecule has 0 saturated heterocycles. The number of hydrogen-bond acceptors (Lipinski definition) is 6. The number of benzene rings is 3. The molecule has 3 aromatic carbocycles. The molecule has 6 N–H and O–H groups in total. The molecule has 0 saturated carbocycles. The molecule has 3 aromatic rings. The van der Waals surface area contributed by atoms with Gasteiger partial charge in [0, 0.05) is 49.1 Å². The van der Waals surface area contributed by atoms with Gasteiger partial charge in [-0.2, -0.15) is 0 Å². The first-order valence-corrected chi connectivity index (χ1v) is 16.2. The van der Waals surface area contributed by atoms with Gasteiger partial charge >= 0.3 is 18.0 Å². The lowest BCUT2D eigenvalue weighted by molar-refractivity contribution is -0.144. The zero-order valence-corrected chi connectivity index (χ0v) is 28.8. The van der Waals surface area contributed by atoms with Gasteiger partial charge in [-0.3, -0.25) is 14.4 Å². The molecule has 50 heavy (non-hydrogen) atoms. The van der Waals surface area contributed by atoms with Crippen LogP contribution in [0.15, 0.2) is 66.7 Å². The first-order chi connectivity index (χ1) is 23.5. The number of anilines is 2. The molecule has 0 aromatic heterocycles. The average molecular weight is 706 g/mol. The number of nitrogens with zero attached hydrogens (tertiary/aromatic N) is 1. The Hall–Kier alpha value is -5.43. The molecule has 264 valence electrons. The van der Waals surface area contributed by atoms with Crippen LogP contribution in [0.25, 0.3) is 0 Å². The lowest BCUT2D eigenvalue weighted by atomic mass is 9.91. The minimum absolute atomic E-state index is 0.0508. The van der Waals surface area contributed by atoms with Crippen LogP contribution in [0.3, 0.4) is 0 Å². The lowest BCUT2D eigenvalue weighted by Gasteiger charge is -2.25. The Morgan fingerprint density at radius 1 is 0.820 bits per heavy atom. The van der Waals surface area contributed by atoms with E-state index in [9.17, 15) is 39.0 Å². The van der Waals surface area contributed by atoms with E-state index in [1.807, 2.05) is 20.8 Å². The van der Waals surface area contributed by atoms with Crippen molar-refractivity contribution < 1.29 is 39.0 Å². The van der Waals surface area contributed by atoms with Gasteiger partial charge in [-0.1, -0.05) is 62.7 Å². The zero-order valence-electron chi connectivity index (χ0n) is 28.1. The molecule has 14 heteroatoms. The summed E-state index contributed by atoms with van der Waals surface area (Å²) in [4.78, 5) is 77.3. The summed E-state index contributed by atoms with van der Waals surface area (Å²) in [7, 11) is 0. The summed E-state index contributed by atoms with van der Waals surface area (Å²) in [5.74, 6) is -4.13.